The molecule has 0 aliphatic carbocycles. The molecule has 1 heterocycles. The number of aryl methyl sites for hydroxylation is 1. The van der Waals surface area contributed by atoms with Crippen molar-refractivity contribution in [1.82, 2.24) is 5.32 Å². The monoisotopic (exact) mass is 436 g/mol. The number of anilines is 1. The van der Waals surface area contributed by atoms with Gasteiger partial charge in [-0.3, -0.25) is 0 Å². The molecule has 154 valence electrons. The van der Waals surface area contributed by atoms with Crippen molar-refractivity contribution in [1.29, 1.82) is 0 Å². The lowest BCUT2D eigenvalue weighted by Crippen LogP contribution is -2.40. The Morgan fingerprint density at radius 2 is 1.80 bits per heavy atom. The molecule has 30 heavy (non-hydrogen) atoms. The van der Waals surface area contributed by atoms with Crippen molar-refractivity contribution < 1.29 is 4.74 Å². The van der Waals surface area contributed by atoms with Crippen LogP contribution in [0.15, 0.2) is 72.8 Å². The molecule has 3 nitrogen and oxygen atoms in total. The van der Waals surface area contributed by atoms with Crippen molar-refractivity contribution in [3.05, 3.63) is 94.5 Å². The van der Waals surface area contributed by atoms with Gasteiger partial charge in [0.2, 0.25) is 0 Å². The first-order valence-corrected chi connectivity index (χ1v) is 11.1. The summed E-state index contributed by atoms with van der Waals surface area (Å²) < 4.78 is 6.08. The van der Waals surface area contributed by atoms with Crippen molar-refractivity contribution in [2.75, 3.05) is 11.4 Å². The van der Waals surface area contributed by atoms with Gasteiger partial charge in [0.15, 0.2) is 5.11 Å². The van der Waals surface area contributed by atoms with Crippen molar-refractivity contribution in [2.45, 2.75) is 32.4 Å². The van der Waals surface area contributed by atoms with Crippen LogP contribution in [0, 0.1) is 0 Å². The topological polar surface area (TPSA) is 24.5 Å². The van der Waals surface area contributed by atoms with Crippen LogP contribution in [0.5, 0.6) is 5.75 Å². The highest BCUT2D eigenvalue weighted by atomic mass is 35.5. The molecular weight excluding hydrogens is 412 g/mol. The number of fused-ring (bicyclic) bond motifs is 1. The van der Waals surface area contributed by atoms with E-state index < -0.39 is 0 Å². The van der Waals surface area contributed by atoms with Gasteiger partial charge in [0.25, 0.3) is 0 Å². The zero-order chi connectivity index (χ0) is 20.8. The first kappa shape index (κ1) is 20.7. The first-order valence-electron chi connectivity index (χ1n) is 10.3. The van der Waals surface area contributed by atoms with Crippen LogP contribution in [0.4, 0.5) is 5.69 Å². The van der Waals surface area contributed by atoms with E-state index >= 15 is 0 Å². The van der Waals surface area contributed by atoms with Gasteiger partial charge < -0.3 is 15.0 Å². The number of hydrogen-bond acceptors (Lipinski definition) is 2. The van der Waals surface area contributed by atoms with Crippen molar-refractivity contribution in [3.8, 4) is 5.75 Å². The zero-order valence-electron chi connectivity index (χ0n) is 16.8. The molecule has 1 N–H and O–H groups in total. The molecule has 0 saturated heterocycles. The second-order valence-corrected chi connectivity index (χ2v) is 8.25. The maximum atomic E-state index is 6.22. The van der Waals surface area contributed by atoms with E-state index in [-0.39, 0.29) is 0 Å². The molecule has 4 rings (SSSR count). The van der Waals surface area contributed by atoms with Crippen LogP contribution < -0.4 is 15.0 Å². The van der Waals surface area contributed by atoms with Gasteiger partial charge in [-0.15, -0.1) is 0 Å². The van der Waals surface area contributed by atoms with Crippen LogP contribution in [0.2, 0.25) is 5.02 Å². The molecule has 0 amide bonds. The van der Waals surface area contributed by atoms with Gasteiger partial charge >= 0.3 is 0 Å². The summed E-state index contributed by atoms with van der Waals surface area (Å²) in [5.41, 5.74) is 4.72. The Hall–Kier alpha value is -2.56. The summed E-state index contributed by atoms with van der Waals surface area (Å²) in [4.78, 5) is 2.22. The highest BCUT2D eigenvalue weighted by Crippen LogP contribution is 2.27. The zero-order valence-corrected chi connectivity index (χ0v) is 18.4. The highest BCUT2D eigenvalue weighted by Gasteiger charge is 2.18. The third kappa shape index (κ3) is 5.13. The van der Waals surface area contributed by atoms with E-state index in [0.717, 1.165) is 41.4 Å². The van der Waals surface area contributed by atoms with E-state index in [1.807, 2.05) is 48.5 Å². The van der Waals surface area contributed by atoms with Gasteiger partial charge in [-0.05, 0) is 60.8 Å². The summed E-state index contributed by atoms with van der Waals surface area (Å²) in [6.07, 6.45) is 3.41. The summed E-state index contributed by atoms with van der Waals surface area (Å²) in [5.74, 6) is 0.776. The molecule has 1 aliphatic rings. The molecule has 0 fully saturated rings. The maximum absolute atomic E-state index is 6.22. The molecule has 0 spiro atoms. The van der Waals surface area contributed by atoms with Crippen LogP contribution >= 0.6 is 23.8 Å². The Labute approximate surface area is 188 Å². The number of benzene rings is 3. The normalized spacial score (nSPS) is 13.3. The molecule has 0 bridgehead atoms. The summed E-state index contributed by atoms with van der Waals surface area (Å²) >= 11 is 12.0. The van der Waals surface area contributed by atoms with Crippen molar-refractivity contribution in [2.24, 2.45) is 0 Å². The van der Waals surface area contributed by atoms with Gasteiger partial charge in [-0.1, -0.05) is 66.2 Å². The minimum atomic E-state index is 0.498. The molecular formula is C25H25ClN2OS. The largest absolute Gasteiger partial charge is 0.488 e. The van der Waals surface area contributed by atoms with Crippen LogP contribution in [0.25, 0.3) is 0 Å². The summed E-state index contributed by atoms with van der Waals surface area (Å²) in [6, 6.07) is 24.4. The fourth-order valence-corrected chi connectivity index (χ4v) is 4.14. The number of nitrogens with one attached hydrogen (secondary N) is 1. The molecule has 0 saturated carbocycles. The Kier molecular flexibility index (Phi) is 6.88. The number of para-hydroxylation sites is 1. The molecule has 0 aromatic heterocycles. The van der Waals surface area contributed by atoms with Gasteiger partial charge in [-0.2, -0.15) is 0 Å². The quantitative estimate of drug-likeness (QED) is 0.486. The van der Waals surface area contributed by atoms with Crippen molar-refractivity contribution in [3.63, 3.8) is 0 Å². The van der Waals surface area contributed by atoms with Gasteiger partial charge in [0.05, 0.1) is 0 Å². The predicted octanol–water partition coefficient (Wildman–Crippen LogP) is 6.14. The van der Waals surface area contributed by atoms with Crippen LogP contribution in [0.3, 0.4) is 0 Å². The second-order valence-electron chi connectivity index (χ2n) is 7.42. The van der Waals surface area contributed by atoms with Crippen LogP contribution in [-0.4, -0.2) is 11.7 Å². The van der Waals surface area contributed by atoms with E-state index in [1.54, 1.807) is 0 Å². The van der Waals surface area contributed by atoms with E-state index in [1.165, 1.54) is 17.7 Å². The number of thiocarbonyl (C=S) groups is 1. The minimum Gasteiger partial charge on any atom is -0.488 e. The molecule has 5 heteroatoms. The molecule has 0 unspecified atom stereocenters. The number of halogens is 1. The van der Waals surface area contributed by atoms with Crippen molar-refractivity contribution >= 4 is 34.6 Å². The number of ether oxygens (including phenoxy) is 1. The Morgan fingerprint density at radius 1 is 1.00 bits per heavy atom. The van der Waals surface area contributed by atoms with Crippen LogP contribution in [-0.2, 0) is 19.6 Å². The van der Waals surface area contributed by atoms with Gasteiger partial charge in [-0.25, -0.2) is 0 Å². The SMILES string of the molecule is S=C(NCc1ccc(Cl)cc1OCc1ccccc1)N1CCCCc2ccccc21. The minimum absolute atomic E-state index is 0.498. The summed E-state index contributed by atoms with van der Waals surface area (Å²) in [5, 5.41) is 4.83. The third-order valence-corrected chi connectivity index (χ3v) is 5.90. The lowest BCUT2D eigenvalue weighted by Gasteiger charge is -2.26. The fraction of sp³-hybridized carbons (Fsp3) is 0.240. The lowest BCUT2D eigenvalue weighted by atomic mass is 10.1. The number of hydrogen-bond donors (Lipinski definition) is 1. The average Bonchev–Trinajstić information content (AvgIpc) is 3.00. The number of rotatable bonds is 5. The molecule has 1 aliphatic heterocycles. The van der Waals surface area contributed by atoms with E-state index in [9.17, 15) is 0 Å². The van der Waals surface area contributed by atoms with Crippen LogP contribution in [0.1, 0.15) is 29.5 Å². The van der Waals surface area contributed by atoms with E-state index in [0.29, 0.717) is 18.2 Å². The molecule has 0 atom stereocenters. The average molecular weight is 437 g/mol. The highest BCUT2D eigenvalue weighted by molar-refractivity contribution is 7.80. The van der Waals surface area contributed by atoms with Gasteiger partial charge in [0.1, 0.15) is 12.4 Å². The third-order valence-electron chi connectivity index (χ3n) is 5.30. The van der Waals surface area contributed by atoms with Gasteiger partial charge in [0, 0.05) is 29.4 Å². The first-order chi connectivity index (χ1) is 14.7. The Balaban J connectivity index is 1.45. The predicted molar refractivity (Wildman–Crippen MR) is 128 cm³/mol. The number of nitrogens with zero attached hydrogens (tertiary/aromatic N) is 1. The second kappa shape index (κ2) is 9.96. The Morgan fingerprint density at radius 3 is 2.67 bits per heavy atom. The Bertz CT molecular complexity index is 1010. The fourth-order valence-electron chi connectivity index (χ4n) is 3.71. The smallest absolute Gasteiger partial charge is 0.173 e. The lowest BCUT2D eigenvalue weighted by molar-refractivity contribution is 0.302. The summed E-state index contributed by atoms with van der Waals surface area (Å²) in [6.45, 7) is 2.01. The summed E-state index contributed by atoms with van der Waals surface area (Å²) in [7, 11) is 0. The molecule has 0 radical (unpaired) electrons. The standard InChI is InChI=1S/C25H25ClN2OS/c26-22-14-13-21(24(16-22)29-18-19-8-2-1-3-9-19)17-27-25(30)28-15-7-6-11-20-10-4-5-12-23(20)28/h1-5,8-10,12-14,16H,6-7,11,15,17-18H2,(H,27,30). The van der Waals surface area contributed by atoms with E-state index in [4.69, 9.17) is 28.6 Å². The molecule has 3 aromatic rings. The van der Waals surface area contributed by atoms with E-state index in [2.05, 4.69) is 34.5 Å². The molecule has 3 aromatic carbocycles. The maximum Gasteiger partial charge on any atom is 0.173 e.